The Hall–Kier alpha value is -2.95. The molecule has 0 heterocycles. The van der Waals surface area contributed by atoms with Crippen LogP contribution in [0.1, 0.15) is 29.5 Å². The van der Waals surface area contributed by atoms with Crippen LogP contribution in [-0.4, -0.2) is 89.2 Å². The highest BCUT2D eigenvalue weighted by molar-refractivity contribution is 7.89. The second kappa shape index (κ2) is 13.6. The van der Waals surface area contributed by atoms with Crippen molar-refractivity contribution in [2.45, 2.75) is 38.1 Å². The smallest absolute Gasteiger partial charge is 0.243 e. The number of hydrogen-bond acceptors (Lipinski definition) is 7. The first kappa shape index (κ1) is 30.3. The Morgan fingerprint density at radius 1 is 0.892 bits per heavy atom. The molecule has 0 aromatic heterocycles. The van der Waals surface area contributed by atoms with Crippen LogP contribution in [0.3, 0.4) is 0 Å². The molecule has 0 atom stereocenters. The molecule has 204 valence electrons. The van der Waals surface area contributed by atoms with Crippen molar-refractivity contribution in [2.75, 3.05) is 55.0 Å². The van der Waals surface area contributed by atoms with Crippen molar-refractivity contribution in [3.63, 3.8) is 0 Å². The molecule has 0 aliphatic heterocycles. The fraction of sp³-hybridized carbons (Fsp3) is 0.481. The number of ether oxygens (including phenoxy) is 2. The van der Waals surface area contributed by atoms with Crippen LogP contribution < -0.4 is 9.47 Å². The quantitative estimate of drug-likeness (QED) is 0.368. The first-order valence-corrected chi connectivity index (χ1v) is 13.5. The number of ketones is 1. The zero-order valence-corrected chi connectivity index (χ0v) is 23.7. The van der Waals surface area contributed by atoms with Crippen molar-refractivity contribution in [3.8, 4) is 11.5 Å². The Kier molecular flexibility index (Phi) is 11.1. The van der Waals surface area contributed by atoms with Gasteiger partial charge >= 0.3 is 0 Å². The summed E-state index contributed by atoms with van der Waals surface area (Å²) in [6.07, 6.45) is -0.0300. The van der Waals surface area contributed by atoms with E-state index < -0.39 is 10.0 Å². The topological polar surface area (TPSA) is 96.5 Å². The fourth-order valence-corrected chi connectivity index (χ4v) is 5.40. The minimum Gasteiger partial charge on any atom is -0.497 e. The minimum absolute atomic E-state index is 0.00947. The zero-order chi connectivity index (χ0) is 27.8. The van der Waals surface area contributed by atoms with Gasteiger partial charge < -0.3 is 19.3 Å². The van der Waals surface area contributed by atoms with Crippen LogP contribution >= 0.6 is 0 Å². The lowest BCUT2D eigenvalue weighted by molar-refractivity contribution is -0.132. The Balaban J connectivity index is 1.87. The largest absolute Gasteiger partial charge is 0.497 e. The van der Waals surface area contributed by atoms with Crippen LogP contribution in [0.4, 0.5) is 0 Å². The van der Waals surface area contributed by atoms with E-state index in [1.54, 1.807) is 37.9 Å². The maximum Gasteiger partial charge on any atom is 0.243 e. The standard InChI is InChI=1S/C27H39N3O6S/c1-20-16-25(35-7)17-21(2)27(20)37(33,34)30(6)19-23(31)10-13-26(32)29(5)18-22-8-11-24(12-9-22)36-15-14-28(3)4/h8-9,11-12,16-17H,10,13-15,18-19H2,1-7H3. The highest BCUT2D eigenvalue weighted by Crippen LogP contribution is 2.27. The number of carbonyl (C=O) groups excluding carboxylic acids is 2. The molecule has 0 unspecified atom stereocenters. The number of rotatable bonds is 14. The predicted octanol–water partition coefficient (Wildman–Crippen LogP) is 2.88. The zero-order valence-electron chi connectivity index (χ0n) is 22.9. The van der Waals surface area contributed by atoms with Crippen molar-refractivity contribution in [1.29, 1.82) is 0 Å². The van der Waals surface area contributed by atoms with Crippen LogP contribution in [0.25, 0.3) is 0 Å². The number of carbonyl (C=O) groups is 2. The molecular formula is C27H39N3O6S. The normalized spacial score (nSPS) is 11.6. The summed E-state index contributed by atoms with van der Waals surface area (Å²) in [7, 11) is 4.66. The number of aryl methyl sites for hydroxylation is 2. The Labute approximate surface area is 221 Å². The Morgan fingerprint density at radius 3 is 2.03 bits per heavy atom. The van der Waals surface area contributed by atoms with Crippen molar-refractivity contribution < 1.29 is 27.5 Å². The summed E-state index contributed by atoms with van der Waals surface area (Å²) in [6.45, 7) is 4.89. The molecule has 10 heteroatoms. The second-order valence-electron chi connectivity index (χ2n) is 9.44. The average Bonchev–Trinajstić information content (AvgIpc) is 2.82. The molecule has 0 spiro atoms. The van der Waals surface area contributed by atoms with Crippen molar-refractivity contribution in [3.05, 3.63) is 53.1 Å². The van der Waals surface area contributed by atoms with Gasteiger partial charge in [0, 0.05) is 40.0 Å². The van der Waals surface area contributed by atoms with E-state index in [9.17, 15) is 18.0 Å². The number of benzene rings is 2. The predicted molar refractivity (Wildman–Crippen MR) is 143 cm³/mol. The highest BCUT2D eigenvalue weighted by Gasteiger charge is 2.27. The van der Waals surface area contributed by atoms with Gasteiger partial charge in [0.1, 0.15) is 23.9 Å². The molecule has 1 amide bonds. The number of nitrogens with zero attached hydrogens (tertiary/aromatic N) is 3. The molecular weight excluding hydrogens is 494 g/mol. The third-order valence-corrected chi connectivity index (χ3v) is 8.04. The number of sulfonamides is 1. The molecule has 2 aromatic carbocycles. The maximum atomic E-state index is 13.1. The Bertz CT molecular complexity index is 1160. The number of likely N-dealkylation sites (N-methyl/N-ethyl adjacent to an activating group) is 2. The van der Waals surface area contributed by atoms with Gasteiger partial charge in [-0.1, -0.05) is 12.1 Å². The molecule has 0 aliphatic carbocycles. The van der Waals surface area contributed by atoms with Crippen LogP contribution in [0.15, 0.2) is 41.3 Å². The number of Topliss-reactive ketones (excluding diaryl/α,β-unsaturated/α-hetero) is 1. The van der Waals surface area contributed by atoms with E-state index in [-0.39, 0.29) is 36.0 Å². The third kappa shape index (κ3) is 8.84. The summed E-state index contributed by atoms with van der Waals surface area (Å²) in [5, 5.41) is 0. The monoisotopic (exact) mass is 533 g/mol. The first-order valence-electron chi connectivity index (χ1n) is 12.1. The maximum absolute atomic E-state index is 13.1. The third-order valence-electron chi connectivity index (χ3n) is 5.93. The summed E-state index contributed by atoms with van der Waals surface area (Å²) >= 11 is 0. The molecule has 0 fully saturated rings. The minimum atomic E-state index is -3.88. The number of amides is 1. The van der Waals surface area contributed by atoms with Gasteiger partial charge in [-0.25, -0.2) is 8.42 Å². The van der Waals surface area contributed by atoms with Crippen LogP contribution in [-0.2, 0) is 26.2 Å². The van der Waals surface area contributed by atoms with Gasteiger partial charge in [-0.15, -0.1) is 0 Å². The molecule has 0 saturated heterocycles. The van der Waals surface area contributed by atoms with E-state index in [4.69, 9.17) is 9.47 Å². The SMILES string of the molecule is COc1cc(C)c(S(=O)(=O)N(C)CC(=O)CCC(=O)N(C)Cc2ccc(OCCN(C)C)cc2)c(C)c1. The van der Waals surface area contributed by atoms with E-state index in [1.165, 1.54) is 14.2 Å². The molecule has 9 nitrogen and oxygen atoms in total. The fourth-order valence-electron chi connectivity index (χ4n) is 3.84. The molecule has 2 rings (SSSR count). The summed E-state index contributed by atoms with van der Waals surface area (Å²) < 4.78 is 38.2. The van der Waals surface area contributed by atoms with Gasteiger partial charge in [0.05, 0.1) is 18.6 Å². The summed E-state index contributed by atoms with van der Waals surface area (Å²) in [5.41, 5.74) is 2.03. The number of methoxy groups -OCH3 is 1. The van der Waals surface area contributed by atoms with Gasteiger partial charge in [-0.05, 0) is 68.9 Å². The van der Waals surface area contributed by atoms with Gasteiger partial charge in [-0.3, -0.25) is 9.59 Å². The van der Waals surface area contributed by atoms with Crippen LogP contribution in [0.2, 0.25) is 0 Å². The Morgan fingerprint density at radius 2 is 1.49 bits per heavy atom. The van der Waals surface area contributed by atoms with E-state index in [0.29, 0.717) is 30.0 Å². The van der Waals surface area contributed by atoms with Crippen molar-refractivity contribution >= 4 is 21.7 Å². The lowest BCUT2D eigenvalue weighted by Crippen LogP contribution is -2.34. The summed E-state index contributed by atoms with van der Waals surface area (Å²) in [5.74, 6) is 0.826. The second-order valence-corrected chi connectivity index (χ2v) is 11.4. The lowest BCUT2D eigenvalue weighted by Gasteiger charge is -2.20. The molecule has 37 heavy (non-hydrogen) atoms. The van der Waals surface area contributed by atoms with E-state index >= 15 is 0 Å². The lowest BCUT2D eigenvalue weighted by atomic mass is 10.1. The van der Waals surface area contributed by atoms with Crippen LogP contribution in [0, 0.1) is 13.8 Å². The average molecular weight is 534 g/mol. The van der Waals surface area contributed by atoms with Crippen molar-refractivity contribution in [1.82, 2.24) is 14.1 Å². The molecule has 2 aromatic rings. The number of hydrogen-bond donors (Lipinski definition) is 0. The highest BCUT2D eigenvalue weighted by atomic mass is 32.2. The van der Waals surface area contributed by atoms with Gasteiger partial charge in [-0.2, -0.15) is 4.31 Å². The van der Waals surface area contributed by atoms with Crippen molar-refractivity contribution in [2.24, 2.45) is 0 Å². The van der Waals surface area contributed by atoms with Gasteiger partial charge in [0.2, 0.25) is 15.9 Å². The van der Waals surface area contributed by atoms with E-state index in [0.717, 1.165) is 22.2 Å². The van der Waals surface area contributed by atoms with E-state index in [2.05, 4.69) is 0 Å². The van der Waals surface area contributed by atoms with E-state index in [1.807, 2.05) is 43.3 Å². The van der Waals surface area contributed by atoms with Crippen LogP contribution in [0.5, 0.6) is 11.5 Å². The van der Waals surface area contributed by atoms with Gasteiger partial charge in [0.15, 0.2) is 0 Å². The summed E-state index contributed by atoms with van der Waals surface area (Å²) in [6, 6.07) is 10.8. The van der Waals surface area contributed by atoms with Gasteiger partial charge in [0.25, 0.3) is 0 Å². The molecule has 0 N–H and O–H groups in total. The molecule has 0 aliphatic rings. The summed E-state index contributed by atoms with van der Waals surface area (Å²) in [4.78, 5) is 28.9. The molecule has 0 bridgehead atoms. The molecule has 0 radical (unpaired) electrons. The first-order chi connectivity index (χ1) is 17.3. The molecule has 0 saturated carbocycles.